The van der Waals surface area contributed by atoms with Crippen molar-refractivity contribution in [3.63, 3.8) is 0 Å². The van der Waals surface area contributed by atoms with E-state index in [4.69, 9.17) is 18.9 Å². The van der Waals surface area contributed by atoms with Crippen molar-refractivity contribution in [3.05, 3.63) is 106 Å². The molecule has 0 aliphatic heterocycles. The van der Waals surface area contributed by atoms with E-state index in [9.17, 15) is 19.2 Å². The molecule has 0 amide bonds. The van der Waals surface area contributed by atoms with Gasteiger partial charge in [-0.05, 0) is 157 Å². The molecule has 0 spiro atoms. The minimum Gasteiger partial charge on any atom is -0.496 e. The Kier molecular flexibility index (Phi) is 34.4. The first-order chi connectivity index (χ1) is 35.6. The lowest BCUT2D eigenvalue weighted by Crippen LogP contribution is -2.10. The lowest BCUT2D eigenvalue weighted by atomic mass is 9.93. The molecule has 0 unspecified atom stereocenters. The van der Waals surface area contributed by atoms with Crippen LogP contribution >= 0.6 is 0 Å². The van der Waals surface area contributed by atoms with E-state index in [-0.39, 0.29) is 17.3 Å². The van der Waals surface area contributed by atoms with Crippen LogP contribution in [0.4, 0.5) is 5.69 Å². The SMILES string of the molecule is C=CC(=O)CCCc1ccccc1N/C1=C(\CC)C=C(C)CC/C(CCCc2ccc(CCCC(=O)CCCC(=O)CCCCCCOCCOCCOCCCCCCC(=O)CCCC)cc2OC)=C(/C)C1. The molecule has 3 rings (SSSR count). The third-order valence-electron chi connectivity index (χ3n) is 14.1. The first-order valence-electron chi connectivity index (χ1n) is 28.6. The predicted octanol–water partition coefficient (Wildman–Crippen LogP) is 15.7. The lowest BCUT2D eigenvalue weighted by Gasteiger charge is -2.19. The summed E-state index contributed by atoms with van der Waals surface area (Å²) in [6, 6.07) is 15.0. The van der Waals surface area contributed by atoms with Crippen molar-refractivity contribution in [1.82, 2.24) is 0 Å². The fraction of sp³-hybridized carbons (Fsp3) is 0.625. The van der Waals surface area contributed by atoms with E-state index >= 15 is 0 Å². The van der Waals surface area contributed by atoms with Crippen molar-refractivity contribution < 1.29 is 38.1 Å². The van der Waals surface area contributed by atoms with E-state index in [1.165, 1.54) is 50.8 Å². The zero-order chi connectivity index (χ0) is 52.7. The average Bonchev–Trinajstić information content (AvgIpc) is 3.44. The Morgan fingerprint density at radius 1 is 0.589 bits per heavy atom. The molecule has 0 bridgehead atoms. The number of anilines is 1. The molecular formula is C64H97NO8. The number of unbranched alkanes of at least 4 members (excludes halogenated alkanes) is 7. The second kappa shape index (κ2) is 39.9. The van der Waals surface area contributed by atoms with E-state index in [0.717, 1.165) is 166 Å². The molecule has 0 saturated heterocycles. The second-order valence-electron chi connectivity index (χ2n) is 20.3. The number of hydrogen-bond acceptors (Lipinski definition) is 9. The van der Waals surface area contributed by atoms with Crippen molar-refractivity contribution in [2.24, 2.45) is 0 Å². The predicted molar refractivity (Wildman–Crippen MR) is 302 cm³/mol. The van der Waals surface area contributed by atoms with E-state index < -0.39 is 0 Å². The topological polar surface area (TPSA) is 117 Å². The fourth-order valence-corrected chi connectivity index (χ4v) is 9.54. The zero-order valence-electron chi connectivity index (χ0n) is 46.4. The van der Waals surface area contributed by atoms with Crippen molar-refractivity contribution in [2.75, 3.05) is 52.1 Å². The number of Topliss-reactive ketones (excluding diaryl/α,β-unsaturated/α-hetero) is 3. The number of para-hydroxylation sites is 1. The molecule has 2 aromatic carbocycles. The van der Waals surface area contributed by atoms with Crippen LogP contribution in [0.15, 0.2) is 89.2 Å². The molecule has 2 aromatic rings. The van der Waals surface area contributed by atoms with Crippen LogP contribution in [0.1, 0.15) is 211 Å². The average molecular weight is 1010 g/mol. The Balaban J connectivity index is 1.25. The van der Waals surface area contributed by atoms with Crippen LogP contribution in [0, 0.1) is 0 Å². The Labute approximate surface area is 442 Å². The summed E-state index contributed by atoms with van der Waals surface area (Å²) in [6.45, 7) is 16.3. The number of hydrogen-bond donors (Lipinski definition) is 1. The van der Waals surface area contributed by atoms with Gasteiger partial charge in [0, 0.05) is 76.0 Å². The van der Waals surface area contributed by atoms with Crippen molar-refractivity contribution >= 4 is 28.8 Å². The number of carbonyl (C=O) groups excluding carboxylic acids is 4. The summed E-state index contributed by atoms with van der Waals surface area (Å²) >= 11 is 0. The van der Waals surface area contributed by atoms with Crippen molar-refractivity contribution in [3.8, 4) is 5.75 Å². The number of ketones is 4. The molecule has 73 heavy (non-hydrogen) atoms. The Bertz CT molecular complexity index is 2030. The molecule has 0 atom stereocenters. The smallest absolute Gasteiger partial charge is 0.155 e. The van der Waals surface area contributed by atoms with E-state index in [0.29, 0.717) is 77.3 Å². The van der Waals surface area contributed by atoms with Gasteiger partial charge < -0.3 is 24.3 Å². The molecule has 0 fully saturated rings. The molecule has 406 valence electrons. The molecule has 1 N–H and O–H groups in total. The van der Waals surface area contributed by atoms with Crippen LogP contribution < -0.4 is 10.1 Å². The van der Waals surface area contributed by atoms with Gasteiger partial charge in [-0.15, -0.1) is 0 Å². The second-order valence-corrected chi connectivity index (χ2v) is 20.3. The molecule has 0 saturated carbocycles. The molecule has 1 aliphatic rings. The summed E-state index contributed by atoms with van der Waals surface area (Å²) in [4.78, 5) is 48.8. The van der Waals surface area contributed by atoms with Crippen LogP contribution in [-0.2, 0) is 52.7 Å². The zero-order valence-corrected chi connectivity index (χ0v) is 46.4. The fourth-order valence-electron chi connectivity index (χ4n) is 9.54. The Hall–Kier alpha value is -4.44. The summed E-state index contributed by atoms with van der Waals surface area (Å²) in [7, 11) is 1.75. The molecule has 0 heterocycles. The number of nitrogens with one attached hydrogen (secondary N) is 1. The van der Waals surface area contributed by atoms with Gasteiger partial charge in [-0.3, -0.25) is 19.2 Å². The first kappa shape index (κ1) is 62.9. The van der Waals surface area contributed by atoms with Crippen molar-refractivity contribution in [1.29, 1.82) is 0 Å². The highest BCUT2D eigenvalue weighted by atomic mass is 16.5. The van der Waals surface area contributed by atoms with Gasteiger partial charge in [0.05, 0.1) is 33.5 Å². The maximum absolute atomic E-state index is 12.7. The van der Waals surface area contributed by atoms with Gasteiger partial charge in [-0.1, -0.05) is 106 Å². The number of ether oxygens (including phenoxy) is 4. The van der Waals surface area contributed by atoms with Crippen LogP contribution in [0.25, 0.3) is 0 Å². The molecular weight excluding hydrogens is 911 g/mol. The van der Waals surface area contributed by atoms with Gasteiger partial charge in [0.1, 0.15) is 23.1 Å². The van der Waals surface area contributed by atoms with E-state index in [1.54, 1.807) is 7.11 Å². The highest BCUT2D eigenvalue weighted by Gasteiger charge is 2.16. The molecule has 9 nitrogen and oxygen atoms in total. The minimum atomic E-state index is 0.0946. The highest BCUT2D eigenvalue weighted by Crippen LogP contribution is 2.33. The number of allylic oxidation sites excluding steroid dienone is 6. The number of carbonyl (C=O) groups is 4. The summed E-state index contributed by atoms with van der Waals surface area (Å²) in [5.74, 6) is 1.92. The van der Waals surface area contributed by atoms with E-state index in [2.05, 4.69) is 88.1 Å². The van der Waals surface area contributed by atoms with Gasteiger partial charge in [0.15, 0.2) is 5.78 Å². The molecule has 9 heteroatoms. The van der Waals surface area contributed by atoms with Gasteiger partial charge in [-0.2, -0.15) is 0 Å². The van der Waals surface area contributed by atoms with E-state index in [1.807, 2.05) is 0 Å². The molecule has 0 radical (unpaired) electrons. The largest absolute Gasteiger partial charge is 0.496 e. The maximum Gasteiger partial charge on any atom is 0.155 e. The number of methoxy groups -OCH3 is 1. The van der Waals surface area contributed by atoms with Crippen LogP contribution in [0.3, 0.4) is 0 Å². The Morgan fingerprint density at radius 2 is 1.16 bits per heavy atom. The summed E-state index contributed by atoms with van der Waals surface area (Å²) < 4.78 is 22.8. The standard InChI is InChI=1S/C64H97NO8/c1-7-10-30-59(67)31-15-11-13-19-42-71-44-46-73-47-45-72-43-20-14-12-16-32-60(68)35-24-36-61(69)34-21-25-53-39-41-57(64(50-53)70-6)29-22-27-55-40-38-51(4)48-54(8-2)63(49-52(55)5)65-62-37-18-17-26-56(62)28-23-33-58(66)9-3/h9,17-18,26,37,39,41,48,50,65H,3,7-8,10-16,19-25,27-36,38,40,42-47,49H2,1-2,4-6H3/b51-48?,55-52-,63-54+. The third-order valence-corrected chi connectivity index (χ3v) is 14.1. The molecule has 1 aliphatic carbocycles. The minimum absolute atomic E-state index is 0.0946. The highest BCUT2D eigenvalue weighted by molar-refractivity contribution is 5.89. The normalized spacial score (nSPS) is 15.1. The third kappa shape index (κ3) is 28.7. The van der Waals surface area contributed by atoms with Gasteiger partial charge in [0.2, 0.25) is 0 Å². The van der Waals surface area contributed by atoms with Gasteiger partial charge >= 0.3 is 0 Å². The molecule has 0 aromatic heterocycles. The summed E-state index contributed by atoms with van der Waals surface area (Å²) in [6.07, 6.45) is 29.0. The maximum atomic E-state index is 12.7. The Morgan fingerprint density at radius 3 is 1.79 bits per heavy atom. The van der Waals surface area contributed by atoms with Crippen LogP contribution in [0.2, 0.25) is 0 Å². The number of benzene rings is 2. The summed E-state index contributed by atoms with van der Waals surface area (Å²) in [5, 5.41) is 3.87. The quantitative estimate of drug-likeness (QED) is 0.0393. The van der Waals surface area contributed by atoms with Crippen LogP contribution in [0.5, 0.6) is 5.75 Å². The lowest BCUT2D eigenvalue weighted by molar-refractivity contribution is -0.121. The number of rotatable bonds is 44. The van der Waals surface area contributed by atoms with Crippen molar-refractivity contribution in [2.45, 2.75) is 214 Å². The van der Waals surface area contributed by atoms with Gasteiger partial charge in [0.25, 0.3) is 0 Å². The first-order valence-corrected chi connectivity index (χ1v) is 28.6. The van der Waals surface area contributed by atoms with Crippen LogP contribution in [-0.4, -0.2) is 69.9 Å². The monoisotopic (exact) mass is 1010 g/mol. The van der Waals surface area contributed by atoms with Gasteiger partial charge in [-0.25, -0.2) is 0 Å². The summed E-state index contributed by atoms with van der Waals surface area (Å²) in [5.41, 5.74) is 11.8. The number of aryl methyl sites for hydroxylation is 3.